The average Bonchev–Trinajstić information content (AvgIpc) is 2.33. The summed E-state index contributed by atoms with van der Waals surface area (Å²) in [5.41, 5.74) is 6.79. The molecule has 0 spiro atoms. The van der Waals surface area contributed by atoms with E-state index in [4.69, 9.17) is 15.2 Å². The Kier molecular flexibility index (Phi) is 6.29. The molecule has 20 heavy (non-hydrogen) atoms. The minimum absolute atomic E-state index is 0.0143. The van der Waals surface area contributed by atoms with Gasteiger partial charge in [0.2, 0.25) is 0 Å². The van der Waals surface area contributed by atoms with Crippen molar-refractivity contribution in [3.8, 4) is 11.5 Å². The molecule has 0 fully saturated rings. The molecule has 114 valence electrons. The number of ether oxygens (including phenoxy) is 2. The van der Waals surface area contributed by atoms with E-state index in [1.807, 2.05) is 25.1 Å². The van der Waals surface area contributed by atoms with Crippen LogP contribution in [0.3, 0.4) is 0 Å². The lowest BCUT2D eigenvalue weighted by Crippen LogP contribution is -2.18. The molecule has 1 atom stereocenters. The number of hydrogen-bond donors (Lipinski definition) is 1. The normalized spacial score (nSPS) is 13.0. The van der Waals surface area contributed by atoms with Crippen LogP contribution in [-0.4, -0.2) is 40.2 Å². The highest BCUT2D eigenvalue weighted by Gasteiger charge is 2.12. The van der Waals surface area contributed by atoms with E-state index in [0.29, 0.717) is 30.9 Å². The molecule has 0 aliphatic rings. The third kappa shape index (κ3) is 5.79. The first-order valence-electron chi connectivity index (χ1n) is 6.55. The fourth-order valence-corrected chi connectivity index (χ4v) is 2.53. The Morgan fingerprint density at radius 3 is 2.60 bits per heavy atom. The van der Waals surface area contributed by atoms with E-state index in [-0.39, 0.29) is 11.8 Å². The van der Waals surface area contributed by atoms with Gasteiger partial charge in [-0.15, -0.1) is 0 Å². The summed E-state index contributed by atoms with van der Waals surface area (Å²) in [4.78, 5) is 0. The predicted molar refractivity (Wildman–Crippen MR) is 80.2 cm³/mol. The Hall–Kier alpha value is -1.27. The predicted octanol–water partition coefficient (Wildman–Crippen LogP) is 1.40. The highest BCUT2D eigenvalue weighted by Crippen LogP contribution is 2.31. The van der Waals surface area contributed by atoms with Crippen molar-refractivity contribution in [2.45, 2.75) is 25.8 Å². The molecule has 0 amide bonds. The quantitative estimate of drug-likeness (QED) is 0.734. The Balaban J connectivity index is 2.75. The molecule has 0 saturated carbocycles. The maximum atomic E-state index is 11.1. The lowest BCUT2D eigenvalue weighted by atomic mass is 10.1. The summed E-state index contributed by atoms with van der Waals surface area (Å²) < 4.78 is 33.2. The second-order valence-electron chi connectivity index (χ2n) is 4.96. The van der Waals surface area contributed by atoms with Gasteiger partial charge in [-0.2, -0.15) is 0 Å². The monoisotopic (exact) mass is 301 g/mol. The summed E-state index contributed by atoms with van der Waals surface area (Å²) in [6.45, 7) is 2.26. The number of methoxy groups -OCH3 is 1. The van der Waals surface area contributed by atoms with Crippen molar-refractivity contribution in [2.75, 3.05) is 25.7 Å². The van der Waals surface area contributed by atoms with Crippen molar-refractivity contribution in [2.24, 2.45) is 5.73 Å². The molecule has 2 N–H and O–H groups in total. The van der Waals surface area contributed by atoms with Crippen LogP contribution in [0.25, 0.3) is 0 Å². The molecule has 0 heterocycles. The van der Waals surface area contributed by atoms with Gasteiger partial charge in [0.05, 0.1) is 19.5 Å². The summed E-state index contributed by atoms with van der Waals surface area (Å²) in [6, 6.07) is 5.66. The van der Waals surface area contributed by atoms with E-state index in [1.165, 1.54) is 6.26 Å². The maximum Gasteiger partial charge on any atom is 0.164 e. The van der Waals surface area contributed by atoms with Crippen LogP contribution < -0.4 is 15.2 Å². The van der Waals surface area contributed by atoms with E-state index in [1.54, 1.807) is 7.11 Å². The summed E-state index contributed by atoms with van der Waals surface area (Å²) in [5, 5.41) is 0. The molecule has 1 unspecified atom stereocenters. The average molecular weight is 301 g/mol. The molecule has 0 aromatic heterocycles. The molecule has 1 aromatic rings. The standard InChI is InChI=1S/C14H23NO4S/c1-11(15)10-12-6-4-7-13(18-2)14(12)19-8-5-9-20(3,16)17/h4,6-7,11H,5,8-10,15H2,1-3H3. The molecule has 6 heteroatoms. The van der Waals surface area contributed by atoms with Crippen LogP contribution in [0.4, 0.5) is 0 Å². The summed E-state index contributed by atoms with van der Waals surface area (Å²) in [7, 11) is -1.38. The summed E-state index contributed by atoms with van der Waals surface area (Å²) >= 11 is 0. The van der Waals surface area contributed by atoms with Gasteiger partial charge < -0.3 is 15.2 Å². The van der Waals surface area contributed by atoms with Crippen LogP contribution in [0.15, 0.2) is 18.2 Å². The zero-order valence-corrected chi connectivity index (χ0v) is 13.1. The number of sulfone groups is 1. The molecule has 0 aliphatic heterocycles. The van der Waals surface area contributed by atoms with Gasteiger partial charge in [0.15, 0.2) is 11.5 Å². The summed E-state index contributed by atoms with van der Waals surface area (Å²) in [6.07, 6.45) is 2.35. The molecule has 0 saturated heterocycles. The largest absolute Gasteiger partial charge is 0.493 e. The molecule has 5 nitrogen and oxygen atoms in total. The second-order valence-corrected chi connectivity index (χ2v) is 7.22. The Morgan fingerprint density at radius 2 is 2.05 bits per heavy atom. The first-order chi connectivity index (χ1) is 9.33. The second kappa shape index (κ2) is 7.50. The molecule has 1 rings (SSSR count). The van der Waals surface area contributed by atoms with E-state index in [2.05, 4.69) is 0 Å². The van der Waals surface area contributed by atoms with Crippen LogP contribution in [-0.2, 0) is 16.3 Å². The van der Waals surface area contributed by atoms with Gasteiger partial charge in [0.1, 0.15) is 9.84 Å². The van der Waals surface area contributed by atoms with Crippen LogP contribution in [0, 0.1) is 0 Å². The van der Waals surface area contributed by atoms with E-state index in [0.717, 1.165) is 5.56 Å². The highest BCUT2D eigenvalue weighted by molar-refractivity contribution is 7.90. The third-order valence-corrected chi connectivity index (χ3v) is 3.76. The zero-order chi connectivity index (χ0) is 15.2. The van der Waals surface area contributed by atoms with Gasteiger partial charge in [-0.3, -0.25) is 0 Å². The lowest BCUT2D eigenvalue weighted by Gasteiger charge is -2.16. The van der Waals surface area contributed by atoms with Crippen molar-refractivity contribution >= 4 is 9.84 Å². The number of para-hydroxylation sites is 1. The Morgan fingerprint density at radius 1 is 1.35 bits per heavy atom. The minimum atomic E-state index is -2.95. The number of benzene rings is 1. The summed E-state index contributed by atoms with van der Waals surface area (Å²) in [5.74, 6) is 1.41. The minimum Gasteiger partial charge on any atom is -0.493 e. The molecule has 0 aliphatic carbocycles. The zero-order valence-electron chi connectivity index (χ0n) is 12.3. The van der Waals surface area contributed by atoms with Crippen molar-refractivity contribution in [1.29, 1.82) is 0 Å². The number of hydrogen-bond acceptors (Lipinski definition) is 5. The fourth-order valence-electron chi connectivity index (χ4n) is 1.89. The van der Waals surface area contributed by atoms with Crippen LogP contribution >= 0.6 is 0 Å². The van der Waals surface area contributed by atoms with Gasteiger partial charge in [-0.05, 0) is 31.4 Å². The molecule has 1 aromatic carbocycles. The fraction of sp³-hybridized carbons (Fsp3) is 0.571. The van der Waals surface area contributed by atoms with Gasteiger partial charge in [0, 0.05) is 12.3 Å². The van der Waals surface area contributed by atoms with Gasteiger partial charge in [-0.25, -0.2) is 8.42 Å². The van der Waals surface area contributed by atoms with Crippen molar-refractivity contribution in [1.82, 2.24) is 0 Å². The van der Waals surface area contributed by atoms with Crippen molar-refractivity contribution in [3.05, 3.63) is 23.8 Å². The third-order valence-electron chi connectivity index (χ3n) is 2.73. The van der Waals surface area contributed by atoms with Gasteiger partial charge in [-0.1, -0.05) is 12.1 Å². The number of rotatable bonds is 8. The van der Waals surface area contributed by atoms with E-state index in [9.17, 15) is 8.42 Å². The smallest absolute Gasteiger partial charge is 0.164 e. The Labute approximate surface area is 121 Å². The lowest BCUT2D eigenvalue weighted by molar-refractivity contribution is 0.291. The van der Waals surface area contributed by atoms with Gasteiger partial charge >= 0.3 is 0 Å². The number of nitrogens with two attached hydrogens (primary N) is 1. The molecule has 0 radical (unpaired) electrons. The molecule has 0 bridgehead atoms. The van der Waals surface area contributed by atoms with Gasteiger partial charge in [0.25, 0.3) is 0 Å². The SMILES string of the molecule is COc1cccc(CC(C)N)c1OCCCS(C)(=O)=O. The maximum absolute atomic E-state index is 11.1. The Bertz CT molecular complexity index is 526. The van der Waals surface area contributed by atoms with Crippen LogP contribution in [0.2, 0.25) is 0 Å². The van der Waals surface area contributed by atoms with Crippen LogP contribution in [0.1, 0.15) is 18.9 Å². The first kappa shape index (κ1) is 16.8. The van der Waals surface area contributed by atoms with E-state index < -0.39 is 9.84 Å². The van der Waals surface area contributed by atoms with Crippen LogP contribution in [0.5, 0.6) is 11.5 Å². The molecular weight excluding hydrogens is 278 g/mol. The highest BCUT2D eigenvalue weighted by atomic mass is 32.2. The van der Waals surface area contributed by atoms with E-state index >= 15 is 0 Å². The molecular formula is C14H23NO4S. The van der Waals surface area contributed by atoms with Crippen molar-refractivity contribution < 1.29 is 17.9 Å². The van der Waals surface area contributed by atoms with Crippen molar-refractivity contribution in [3.63, 3.8) is 0 Å². The first-order valence-corrected chi connectivity index (χ1v) is 8.61. The topological polar surface area (TPSA) is 78.6 Å².